The second-order valence-electron chi connectivity index (χ2n) is 4.91. The fourth-order valence-corrected chi connectivity index (χ4v) is 2.28. The third-order valence-corrected chi connectivity index (χ3v) is 4.01. The van der Waals surface area contributed by atoms with Crippen LogP contribution in [0.5, 0.6) is 0 Å². The maximum Gasteiger partial charge on any atom is 0.446 e. The van der Waals surface area contributed by atoms with Gasteiger partial charge in [0.2, 0.25) is 0 Å². The third kappa shape index (κ3) is 4.14. The molecular weight excluding hydrogens is 291 g/mol. The number of aliphatic hydroxyl groups excluding tert-OH is 1. The highest BCUT2D eigenvalue weighted by atomic mass is 32.2. The van der Waals surface area contributed by atoms with E-state index in [0.29, 0.717) is 12.1 Å². The quantitative estimate of drug-likeness (QED) is 0.823. The standard InChI is InChI=1S/C13H14F3NO2S/c14-13(15,16)20-10-3-1-9(2-4-10)11(19)17-7-12(8-18)5-6-12/h1-4,18H,5-8H2,(H,17,19). The number of hydrogen-bond donors (Lipinski definition) is 2. The molecule has 0 saturated heterocycles. The second kappa shape index (κ2) is 5.65. The minimum atomic E-state index is -4.33. The van der Waals surface area contributed by atoms with Crippen LogP contribution in [0.25, 0.3) is 0 Å². The van der Waals surface area contributed by atoms with Gasteiger partial charge in [0.05, 0.1) is 6.61 Å². The van der Waals surface area contributed by atoms with E-state index in [4.69, 9.17) is 5.11 Å². The number of amides is 1. The van der Waals surface area contributed by atoms with Gasteiger partial charge in [0.1, 0.15) is 0 Å². The van der Waals surface area contributed by atoms with Crippen molar-refractivity contribution in [3.05, 3.63) is 29.8 Å². The molecule has 1 aliphatic carbocycles. The Morgan fingerprint density at radius 1 is 1.30 bits per heavy atom. The van der Waals surface area contributed by atoms with Gasteiger partial charge in [-0.15, -0.1) is 0 Å². The first-order valence-corrected chi connectivity index (χ1v) is 6.90. The molecule has 1 fully saturated rings. The minimum Gasteiger partial charge on any atom is -0.396 e. The van der Waals surface area contributed by atoms with E-state index in [1.807, 2.05) is 0 Å². The predicted molar refractivity (Wildman–Crippen MR) is 69.4 cm³/mol. The van der Waals surface area contributed by atoms with Crippen LogP contribution in [0.3, 0.4) is 0 Å². The lowest BCUT2D eigenvalue weighted by Crippen LogP contribution is -2.31. The highest BCUT2D eigenvalue weighted by Crippen LogP contribution is 2.44. The molecule has 1 aliphatic rings. The molecule has 1 amide bonds. The fraction of sp³-hybridized carbons (Fsp3) is 0.462. The SMILES string of the molecule is O=C(NCC1(CO)CC1)c1ccc(SC(F)(F)F)cc1. The summed E-state index contributed by atoms with van der Waals surface area (Å²) in [6.45, 7) is 0.426. The Hall–Kier alpha value is -1.21. The maximum atomic E-state index is 12.2. The Bertz CT molecular complexity index is 483. The molecule has 0 aromatic heterocycles. The van der Waals surface area contributed by atoms with Crippen molar-refractivity contribution in [2.45, 2.75) is 23.2 Å². The van der Waals surface area contributed by atoms with Gasteiger partial charge in [-0.3, -0.25) is 4.79 Å². The predicted octanol–water partition coefficient (Wildman–Crippen LogP) is 2.80. The van der Waals surface area contributed by atoms with Crippen LogP contribution < -0.4 is 5.32 Å². The van der Waals surface area contributed by atoms with Gasteiger partial charge in [0.15, 0.2) is 0 Å². The smallest absolute Gasteiger partial charge is 0.396 e. The molecule has 0 unspecified atom stereocenters. The Morgan fingerprint density at radius 2 is 1.90 bits per heavy atom. The largest absolute Gasteiger partial charge is 0.446 e. The molecule has 7 heteroatoms. The Balaban J connectivity index is 1.90. The molecular formula is C13H14F3NO2S. The molecule has 3 nitrogen and oxygen atoms in total. The first kappa shape index (κ1) is 15.2. The lowest BCUT2D eigenvalue weighted by molar-refractivity contribution is -0.0328. The Kier molecular flexibility index (Phi) is 4.29. The van der Waals surface area contributed by atoms with Crippen molar-refractivity contribution in [2.75, 3.05) is 13.2 Å². The van der Waals surface area contributed by atoms with Gasteiger partial charge in [0.25, 0.3) is 5.91 Å². The summed E-state index contributed by atoms with van der Waals surface area (Å²) >= 11 is -0.212. The highest BCUT2D eigenvalue weighted by Gasteiger charge is 2.42. The van der Waals surface area contributed by atoms with E-state index in [0.717, 1.165) is 12.8 Å². The van der Waals surface area contributed by atoms with Gasteiger partial charge in [-0.25, -0.2) is 0 Å². The number of benzene rings is 1. The van der Waals surface area contributed by atoms with Gasteiger partial charge in [0, 0.05) is 22.4 Å². The van der Waals surface area contributed by atoms with Crippen molar-refractivity contribution >= 4 is 17.7 Å². The summed E-state index contributed by atoms with van der Waals surface area (Å²) in [7, 11) is 0. The molecule has 20 heavy (non-hydrogen) atoms. The van der Waals surface area contributed by atoms with E-state index in [1.165, 1.54) is 24.3 Å². The maximum absolute atomic E-state index is 12.2. The van der Waals surface area contributed by atoms with Crippen molar-refractivity contribution in [1.29, 1.82) is 0 Å². The fourth-order valence-electron chi connectivity index (χ4n) is 1.75. The normalized spacial score (nSPS) is 16.8. The number of halogens is 3. The monoisotopic (exact) mass is 305 g/mol. The number of aliphatic hydroxyl groups is 1. The zero-order chi connectivity index (χ0) is 14.8. The van der Waals surface area contributed by atoms with Crippen LogP contribution in [0.2, 0.25) is 0 Å². The van der Waals surface area contributed by atoms with Gasteiger partial charge >= 0.3 is 5.51 Å². The molecule has 0 spiro atoms. The zero-order valence-corrected chi connectivity index (χ0v) is 11.4. The first-order valence-electron chi connectivity index (χ1n) is 6.08. The van der Waals surface area contributed by atoms with Crippen LogP contribution in [0.15, 0.2) is 29.2 Å². The van der Waals surface area contributed by atoms with E-state index < -0.39 is 5.51 Å². The van der Waals surface area contributed by atoms with E-state index in [1.54, 1.807) is 0 Å². The molecule has 0 bridgehead atoms. The number of carbonyl (C=O) groups excluding carboxylic acids is 1. The molecule has 110 valence electrons. The average molecular weight is 305 g/mol. The summed E-state index contributed by atoms with van der Waals surface area (Å²) in [5.74, 6) is -0.340. The van der Waals surface area contributed by atoms with Gasteiger partial charge in [-0.05, 0) is 48.9 Å². The average Bonchev–Trinajstić information content (AvgIpc) is 3.16. The minimum absolute atomic E-state index is 0.0362. The number of thioether (sulfide) groups is 1. The summed E-state index contributed by atoms with van der Waals surface area (Å²) in [6.07, 6.45) is 1.76. The van der Waals surface area contributed by atoms with Crippen molar-refractivity contribution in [2.24, 2.45) is 5.41 Å². The number of carbonyl (C=O) groups is 1. The number of hydrogen-bond acceptors (Lipinski definition) is 3. The molecule has 2 N–H and O–H groups in total. The van der Waals surface area contributed by atoms with Crippen LogP contribution in [-0.2, 0) is 0 Å². The number of alkyl halides is 3. The summed E-state index contributed by atoms with van der Waals surface area (Å²) in [5, 5.41) is 11.8. The third-order valence-electron chi connectivity index (χ3n) is 3.27. The van der Waals surface area contributed by atoms with Crippen LogP contribution in [0.1, 0.15) is 23.2 Å². The van der Waals surface area contributed by atoms with Crippen molar-refractivity contribution in [3.63, 3.8) is 0 Å². The number of nitrogens with one attached hydrogen (secondary N) is 1. The second-order valence-corrected chi connectivity index (χ2v) is 6.05. The molecule has 1 aromatic carbocycles. The van der Waals surface area contributed by atoms with E-state index in [2.05, 4.69) is 5.32 Å². The molecule has 0 radical (unpaired) electrons. The van der Waals surface area contributed by atoms with Crippen molar-refractivity contribution in [1.82, 2.24) is 5.32 Å². The van der Waals surface area contributed by atoms with E-state index in [9.17, 15) is 18.0 Å². The lowest BCUT2D eigenvalue weighted by atomic mass is 10.1. The van der Waals surface area contributed by atoms with Gasteiger partial charge in [-0.2, -0.15) is 13.2 Å². The zero-order valence-electron chi connectivity index (χ0n) is 10.5. The number of rotatable bonds is 5. The molecule has 1 aromatic rings. The molecule has 1 saturated carbocycles. The molecule has 0 heterocycles. The summed E-state index contributed by atoms with van der Waals surface area (Å²) in [6, 6.07) is 5.27. The molecule has 2 rings (SSSR count). The van der Waals surface area contributed by atoms with E-state index in [-0.39, 0.29) is 34.6 Å². The summed E-state index contributed by atoms with van der Waals surface area (Å²) < 4.78 is 36.5. The first-order chi connectivity index (χ1) is 9.34. The van der Waals surface area contributed by atoms with Crippen LogP contribution in [-0.4, -0.2) is 29.7 Å². The van der Waals surface area contributed by atoms with Crippen molar-refractivity contribution in [3.8, 4) is 0 Å². The topological polar surface area (TPSA) is 49.3 Å². The summed E-state index contributed by atoms with van der Waals surface area (Å²) in [4.78, 5) is 11.9. The molecule has 0 atom stereocenters. The van der Waals surface area contributed by atoms with E-state index >= 15 is 0 Å². The van der Waals surface area contributed by atoms with Crippen LogP contribution in [0, 0.1) is 5.41 Å². The molecule has 0 aliphatic heterocycles. The summed E-state index contributed by atoms with van der Waals surface area (Å²) in [5.41, 5.74) is -4.21. The van der Waals surface area contributed by atoms with Crippen LogP contribution >= 0.6 is 11.8 Å². The van der Waals surface area contributed by atoms with Crippen molar-refractivity contribution < 1.29 is 23.1 Å². The van der Waals surface area contributed by atoms with Crippen LogP contribution in [0.4, 0.5) is 13.2 Å². The van der Waals surface area contributed by atoms with Gasteiger partial charge in [-0.1, -0.05) is 0 Å². The lowest BCUT2D eigenvalue weighted by Gasteiger charge is -2.13. The highest BCUT2D eigenvalue weighted by molar-refractivity contribution is 8.00. The Morgan fingerprint density at radius 3 is 2.35 bits per heavy atom. The Labute approximate surface area is 118 Å². The van der Waals surface area contributed by atoms with Gasteiger partial charge < -0.3 is 10.4 Å².